The number of aryl methyl sites for hydroxylation is 1. The van der Waals surface area contributed by atoms with Crippen LogP contribution in [0.5, 0.6) is 0 Å². The highest BCUT2D eigenvalue weighted by atomic mass is 16.5. The Bertz CT molecular complexity index is 1390. The maximum absolute atomic E-state index is 13.9. The monoisotopic (exact) mass is 497 g/mol. The van der Waals surface area contributed by atoms with Gasteiger partial charge in [0.2, 0.25) is 0 Å². The zero-order valence-electron chi connectivity index (χ0n) is 22.0. The molecule has 192 valence electrons. The van der Waals surface area contributed by atoms with Crippen LogP contribution >= 0.6 is 0 Å². The third-order valence-corrected chi connectivity index (χ3v) is 7.00. The number of aromatic amines is 1. The van der Waals surface area contributed by atoms with Crippen LogP contribution in [0, 0.1) is 6.92 Å². The number of aromatic nitrogens is 2. The number of morpholine rings is 1. The molecule has 1 aliphatic heterocycles. The van der Waals surface area contributed by atoms with Crippen LogP contribution in [0.1, 0.15) is 37.5 Å². The highest BCUT2D eigenvalue weighted by Crippen LogP contribution is 2.34. The summed E-state index contributed by atoms with van der Waals surface area (Å²) in [6, 6.07) is 20.3. The van der Waals surface area contributed by atoms with E-state index in [0.29, 0.717) is 5.82 Å². The van der Waals surface area contributed by atoms with E-state index in [0.717, 1.165) is 66.1 Å². The Labute approximate surface area is 218 Å². The van der Waals surface area contributed by atoms with Crippen LogP contribution in [0.25, 0.3) is 10.8 Å². The standard InChI is InChI=1S/C30H35N5O2/c1-21-9-11-23(30(2,3)4)19-27(21)35(28-13-14-31-33-28)29(36)32-26-12-10-22(20-34-15-17-37-18-16-34)24-7-5-6-8-25(24)26/h5-14,19H,15-18,20H2,1-4H3,(H,31,33)(H,32,36). The zero-order valence-corrected chi connectivity index (χ0v) is 22.0. The summed E-state index contributed by atoms with van der Waals surface area (Å²) in [6.07, 6.45) is 1.66. The Morgan fingerprint density at radius 3 is 2.51 bits per heavy atom. The van der Waals surface area contributed by atoms with Crippen molar-refractivity contribution in [3.63, 3.8) is 0 Å². The molecule has 1 aliphatic rings. The van der Waals surface area contributed by atoms with Gasteiger partial charge in [0.1, 0.15) is 5.82 Å². The molecule has 2 heterocycles. The maximum Gasteiger partial charge on any atom is 0.332 e. The van der Waals surface area contributed by atoms with Crippen molar-refractivity contribution in [1.82, 2.24) is 15.1 Å². The lowest BCUT2D eigenvalue weighted by atomic mass is 9.86. The molecule has 0 radical (unpaired) electrons. The van der Waals surface area contributed by atoms with Gasteiger partial charge in [-0.1, -0.05) is 63.2 Å². The van der Waals surface area contributed by atoms with Crippen molar-refractivity contribution in [2.75, 3.05) is 36.5 Å². The normalized spacial score (nSPS) is 14.6. The molecule has 7 nitrogen and oxygen atoms in total. The lowest BCUT2D eigenvalue weighted by molar-refractivity contribution is 0.0344. The predicted molar refractivity (Wildman–Crippen MR) is 150 cm³/mol. The third kappa shape index (κ3) is 5.38. The molecule has 0 bridgehead atoms. The van der Waals surface area contributed by atoms with E-state index in [2.05, 4.69) is 83.6 Å². The average molecular weight is 498 g/mol. The lowest BCUT2D eigenvalue weighted by Crippen LogP contribution is -2.35. The number of hydrogen-bond donors (Lipinski definition) is 2. The van der Waals surface area contributed by atoms with E-state index in [-0.39, 0.29) is 11.4 Å². The van der Waals surface area contributed by atoms with E-state index in [1.165, 1.54) is 5.56 Å². The number of anilines is 3. The summed E-state index contributed by atoms with van der Waals surface area (Å²) >= 11 is 0. The largest absolute Gasteiger partial charge is 0.379 e. The van der Waals surface area contributed by atoms with Gasteiger partial charge in [-0.25, -0.2) is 9.69 Å². The van der Waals surface area contributed by atoms with Gasteiger partial charge in [0.15, 0.2) is 0 Å². The van der Waals surface area contributed by atoms with Crippen molar-refractivity contribution >= 4 is 34.0 Å². The summed E-state index contributed by atoms with van der Waals surface area (Å²) in [4.78, 5) is 18.0. The molecule has 7 heteroatoms. The Kier molecular flexibility index (Phi) is 7.00. The summed E-state index contributed by atoms with van der Waals surface area (Å²) < 4.78 is 5.51. The van der Waals surface area contributed by atoms with Gasteiger partial charge in [0.05, 0.1) is 30.8 Å². The van der Waals surface area contributed by atoms with Crippen LogP contribution in [-0.4, -0.2) is 47.4 Å². The molecule has 0 aliphatic carbocycles. The number of benzene rings is 3. The Morgan fingerprint density at radius 2 is 1.81 bits per heavy atom. The first-order valence-corrected chi connectivity index (χ1v) is 12.8. The second kappa shape index (κ2) is 10.4. The Morgan fingerprint density at radius 1 is 1.05 bits per heavy atom. The molecule has 0 atom stereocenters. The number of urea groups is 1. The van der Waals surface area contributed by atoms with E-state index in [9.17, 15) is 4.79 Å². The number of ether oxygens (including phenoxy) is 1. The molecule has 2 N–H and O–H groups in total. The van der Waals surface area contributed by atoms with E-state index >= 15 is 0 Å². The summed E-state index contributed by atoms with van der Waals surface area (Å²) in [5.41, 5.74) is 4.95. The van der Waals surface area contributed by atoms with Gasteiger partial charge in [0, 0.05) is 31.1 Å². The number of rotatable bonds is 5. The molecule has 4 aromatic rings. The van der Waals surface area contributed by atoms with Crippen LogP contribution in [0.4, 0.5) is 22.0 Å². The number of carbonyl (C=O) groups is 1. The molecule has 5 rings (SSSR count). The number of amides is 2. The zero-order chi connectivity index (χ0) is 26.0. The third-order valence-electron chi connectivity index (χ3n) is 7.00. The van der Waals surface area contributed by atoms with Gasteiger partial charge in [-0.2, -0.15) is 5.10 Å². The van der Waals surface area contributed by atoms with Crippen molar-refractivity contribution < 1.29 is 9.53 Å². The van der Waals surface area contributed by atoms with Gasteiger partial charge < -0.3 is 10.1 Å². The van der Waals surface area contributed by atoms with Crippen LogP contribution < -0.4 is 10.2 Å². The fourth-order valence-corrected chi connectivity index (χ4v) is 4.82. The summed E-state index contributed by atoms with van der Waals surface area (Å²) in [5, 5.41) is 12.5. The van der Waals surface area contributed by atoms with Gasteiger partial charge >= 0.3 is 6.03 Å². The number of nitrogens with zero attached hydrogens (tertiary/aromatic N) is 3. The second-order valence-electron chi connectivity index (χ2n) is 10.7. The fourth-order valence-electron chi connectivity index (χ4n) is 4.82. The highest BCUT2D eigenvalue weighted by Gasteiger charge is 2.24. The molecule has 37 heavy (non-hydrogen) atoms. The van der Waals surface area contributed by atoms with Gasteiger partial charge in [0.25, 0.3) is 0 Å². The van der Waals surface area contributed by atoms with Crippen molar-refractivity contribution in [3.8, 4) is 0 Å². The molecular weight excluding hydrogens is 462 g/mol. The SMILES string of the molecule is Cc1ccc(C(C)(C)C)cc1N(C(=O)Nc1ccc(CN2CCOCC2)c2ccccc12)c1ccn[nH]1. The molecule has 2 amide bonds. The first-order valence-electron chi connectivity index (χ1n) is 12.8. The minimum absolute atomic E-state index is 0.0505. The van der Waals surface area contributed by atoms with Gasteiger partial charge in [-0.3, -0.25) is 10.00 Å². The number of fused-ring (bicyclic) bond motifs is 1. The van der Waals surface area contributed by atoms with E-state index in [1.807, 2.05) is 25.1 Å². The van der Waals surface area contributed by atoms with Crippen molar-refractivity contribution in [2.45, 2.75) is 39.7 Å². The number of nitrogens with one attached hydrogen (secondary N) is 2. The molecule has 0 spiro atoms. The molecule has 0 saturated carbocycles. The topological polar surface area (TPSA) is 73.5 Å². The predicted octanol–water partition coefficient (Wildman–Crippen LogP) is 6.37. The number of H-pyrrole nitrogens is 1. The quantitative estimate of drug-likeness (QED) is 0.336. The van der Waals surface area contributed by atoms with Gasteiger partial charge in [-0.15, -0.1) is 0 Å². The smallest absolute Gasteiger partial charge is 0.332 e. The van der Waals surface area contributed by atoms with Crippen molar-refractivity contribution in [3.05, 3.63) is 83.6 Å². The van der Waals surface area contributed by atoms with Crippen molar-refractivity contribution in [2.24, 2.45) is 0 Å². The van der Waals surface area contributed by atoms with Crippen molar-refractivity contribution in [1.29, 1.82) is 0 Å². The molecular formula is C30H35N5O2. The first-order chi connectivity index (χ1) is 17.8. The van der Waals surface area contributed by atoms with E-state index in [4.69, 9.17) is 4.74 Å². The molecule has 1 saturated heterocycles. The summed E-state index contributed by atoms with van der Waals surface area (Å²) in [6.45, 7) is 12.8. The van der Waals surface area contributed by atoms with Crippen LogP contribution in [0.2, 0.25) is 0 Å². The van der Waals surface area contributed by atoms with Gasteiger partial charge in [-0.05, 0) is 46.5 Å². The minimum atomic E-state index is -0.246. The Hall–Kier alpha value is -3.68. The maximum atomic E-state index is 13.9. The minimum Gasteiger partial charge on any atom is -0.379 e. The van der Waals surface area contributed by atoms with E-state index < -0.39 is 0 Å². The van der Waals surface area contributed by atoms with Crippen LogP contribution in [-0.2, 0) is 16.7 Å². The Balaban J connectivity index is 1.50. The molecule has 1 fully saturated rings. The fraction of sp³-hybridized carbons (Fsp3) is 0.333. The number of carbonyl (C=O) groups excluding carboxylic acids is 1. The van der Waals surface area contributed by atoms with Crippen LogP contribution in [0.3, 0.4) is 0 Å². The number of hydrogen-bond acceptors (Lipinski definition) is 4. The molecule has 1 aromatic heterocycles. The lowest BCUT2D eigenvalue weighted by Gasteiger charge is -2.28. The van der Waals surface area contributed by atoms with E-state index in [1.54, 1.807) is 11.1 Å². The average Bonchev–Trinajstić information content (AvgIpc) is 3.41. The molecule has 3 aromatic carbocycles. The second-order valence-corrected chi connectivity index (χ2v) is 10.7. The molecule has 0 unspecified atom stereocenters. The summed E-state index contributed by atoms with van der Waals surface area (Å²) in [7, 11) is 0. The van der Waals surface area contributed by atoms with Crippen LogP contribution in [0.15, 0.2) is 66.9 Å². The highest BCUT2D eigenvalue weighted by molar-refractivity contribution is 6.11. The summed E-state index contributed by atoms with van der Waals surface area (Å²) in [5.74, 6) is 0.611. The first kappa shape index (κ1) is 25.0.